The number of carbonyl (C=O) groups is 2. The zero-order valence-electron chi connectivity index (χ0n) is 11.2. The number of carbonyl (C=O) groups excluding carboxylic acids is 2. The second-order valence-corrected chi connectivity index (χ2v) is 4.81. The molecular formula is C15H13N3O2. The smallest absolute Gasteiger partial charge is 0.267 e. The van der Waals surface area contributed by atoms with E-state index in [1.165, 1.54) is 17.3 Å². The highest BCUT2D eigenvalue weighted by Crippen LogP contribution is 2.34. The Morgan fingerprint density at radius 3 is 2.45 bits per heavy atom. The Morgan fingerprint density at radius 2 is 1.75 bits per heavy atom. The molecule has 2 aromatic rings. The molecule has 0 aliphatic carbocycles. The summed E-state index contributed by atoms with van der Waals surface area (Å²) in [5, 5.41) is 0. The number of hydrogen-bond acceptors (Lipinski definition) is 4. The van der Waals surface area contributed by atoms with Gasteiger partial charge < -0.3 is 5.73 Å². The number of nitrogens with zero attached hydrogens (tertiary/aromatic N) is 2. The lowest BCUT2D eigenvalue weighted by Crippen LogP contribution is -2.31. The van der Waals surface area contributed by atoms with E-state index in [9.17, 15) is 9.59 Å². The molecule has 0 spiro atoms. The van der Waals surface area contributed by atoms with Crippen LogP contribution in [0.5, 0.6) is 0 Å². The quantitative estimate of drug-likeness (QED) is 0.634. The molecule has 0 unspecified atom stereocenters. The summed E-state index contributed by atoms with van der Waals surface area (Å²) in [4.78, 5) is 30.0. The third-order valence-corrected chi connectivity index (χ3v) is 3.59. The Morgan fingerprint density at radius 1 is 1.05 bits per heavy atom. The van der Waals surface area contributed by atoms with Gasteiger partial charge >= 0.3 is 0 Å². The first kappa shape index (κ1) is 12.3. The van der Waals surface area contributed by atoms with E-state index in [-0.39, 0.29) is 11.8 Å². The lowest BCUT2D eigenvalue weighted by atomic mass is 10.1. The highest BCUT2D eigenvalue weighted by Gasteiger charge is 2.38. The molecule has 2 amide bonds. The third kappa shape index (κ3) is 1.53. The average Bonchev–Trinajstić information content (AvgIpc) is 2.69. The van der Waals surface area contributed by atoms with Gasteiger partial charge in [0.15, 0.2) is 0 Å². The Balaban J connectivity index is 2.22. The Labute approximate surface area is 116 Å². The van der Waals surface area contributed by atoms with E-state index in [1.807, 2.05) is 6.92 Å². The Bertz CT molecular complexity index is 718. The van der Waals surface area contributed by atoms with Gasteiger partial charge in [0.1, 0.15) is 0 Å². The molecular weight excluding hydrogens is 254 g/mol. The molecule has 1 aromatic heterocycles. The number of anilines is 2. The van der Waals surface area contributed by atoms with E-state index < -0.39 is 0 Å². The number of benzene rings is 1. The first-order chi connectivity index (χ1) is 9.52. The SMILES string of the molecule is Cc1ccc(N)c(C)c1N1C(=O)c2ccncc2C1=O. The molecule has 20 heavy (non-hydrogen) atoms. The van der Waals surface area contributed by atoms with Gasteiger partial charge in [-0.2, -0.15) is 0 Å². The van der Waals surface area contributed by atoms with Crippen molar-refractivity contribution in [3.8, 4) is 0 Å². The zero-order chi connectivity index (χ0) is 14.4. The van der Waals surface area contributed by atoms with Crippen molar-refractivity contribution in [3.63, 3.8) is 0 Å². The van der Waals surface area contributed by atoms with Crippen LogP contribution in [0.1, 0.15) is 31.8 Å². The molecule has 2 heterocycles. The summed E-state index contributed by atoms with van der Waals surface area (Å²) in [6, 6.07) is 5.14. The van der Waals surface area contributed by atoms with E-state index in [1.54, 1.807) is 25.1 Å². The van der Waals surface area contributed by atoms with Crippen molar-refractivity contribution in [2.75, 3.05) is 10.6 Å². The van der Waals surface area contributed by atoms with Gasteiger partial charge in [0, 0.05) is 18.1 Å². The number of rotatable bonds is 1. The zero-order valence-corrected chi connectivity index (χ0v) is 11.2. The van der Waals surface area contributed by atoms with Gasteiger partial charge in [0.25, 0.3) is 11.8 Å². The van der Waals surface area contributed by atoms with Gasteiger partial charge in [0.05, 0.1) is 16.8 Å². The van der Waals surface area contributed by atoms with Crippen molar-refractivity contribution in [1.82, 2.24) is 4.98 Å². The molecule has 3 rings (SSSR count). The molecule has 1 aliphatic rings. The molecule has 1 aromatic carbocycles. The minimum absolute atomic E-state index is 0.329. The van der Waals surface area contributed by atoms with Gasteiger partial charge in [0.2, 0.25) is 0 Å². The van der Waals surface area contributed by atoms with Crippen LogP contribution in [-0.4, -0.2) is 16.8 Å². The molecule has 0 atom stereocenters. The second kappa shape index (κ2) is 4.16. The van der Waals surface area contributed by atoms with Crippen molar-refractivity contribution in [3.05, 3.63) is 52.8 Å². The number of nitrogens with two attached hydrogens (primary N) is 1. The van der Waals surface area contributed by atoms with E-state index in [0.717, 1.165) is 11.1 Å². The van der Waals surface area contributed by atoms with Gasteiger partial charge in [-0.15, -0.1) is 0 Å². The first-order valence-electron chi connectivity index (χ1n) is 6.21. The molecule has 0 fully saturated rings. The highest BCUT2D eigenvalue weighted by atomic mass is 16.2. The molecule has 1 aliphatic heterocycles. The minimum Gasteiger partial charge on any atom is -0.398 e. The normalized spacial score (nSPS) is 13.8. The fraction of sp³-hybridized carbons (Fsp3) is 0.133. The van der Waals surface area contributed by atoms with Crippen LogP contribution in [0.15, 0.2) is 30.6 Å². The van der Waals surface area contributed by atoms with E-state index >= 15 is 0 Å². The summed E-state index contributed by atoms with van der Waals surface area (Å²) in [6.45, 7) is 3.66. The predicted octanol–water partition coefficient (Wildman–Crippen LogP) is 2.08. The van der Waals surface area contributed by atoms with E-state index in [2.05, 4.69) is 4.98 Å². The number of amides is 2. The summed E-state index contributed by atoms with van der Waals surface area (Å²) in [5.74, 6) is -0.681. The molecule has 0 saturated carbocycles. The average molecular weight is 267 g/mol. The largest absolute Gasteiger partial charge is 0.398 e. The number of aryl methyl sites for hydroxylation is 1. The van der Waals surface area contributed by atoms with Gasteiger partial charge in [-0.1, -0.05) is 6.07 Å². The van der Waals surface area contributed by atoms with Crippen molar-refractivity contribution in [2.45, 2.75) is 13.8 Å². The maximum Gasteiger partial charge on any atom is 0.267 e. The molecule has 5 nitrogen and oxygen atoms in total. The number of pyridine rings is 1. The summed E-state index contributed by atoms with van der Waals surface area (Å²) >= 11 is 0. The van der Waals surface area contributed by atoms with Gasteiger partial charge in [-0.3, -0.25) is 14.6 Å². The van der Waals surface area contributed by atoms with Crippen molar-refractivity contribution >= 4 is 23.2 Å². The first-order valence-corrected chi connectivity index (χ1v) is 6.21. The van der Waals surface area contributed by atoms with Crippen molar-refractivity contribution < 1.29 is 9.59 Å². The van der Waals surface area contributed by atoms with Crippen LogP contribution < -0.4 is 10.6 Å². The van der Waals surface area contributed by atoms with E-state index in [4.69, 9.17) is 5.73 Å². The molecule has 100 valence electrons. The number of fused-ring (bicyclic) bond motifs is 1. The summed E-state index contributed by atoms with van der Waals surface area (Å²) in [6.07, 6.45) is 2.93. The summed E-state index contributed by atoms with van der Waals surface area (Å²) in [5.41, 5.74) is 9.29. The number of imide groups is 1. The monoisotopic (exact) mass is 267 g/mol. The van der Waals surface area contributed by atoms with Crippen molar-refractivity contribution in [2.24, 2.45) is 0 Å². The maximum absolute atomic E-state index is 12.5. The van der Waals surface area contributed by atoms with Crippen LogP contribution in [-0.2, 0) is 0 Å². The highest BCUT2D eigenvalue weighted by molar-refractivity contribution is 6.34. The van der Waals surface area contributed by atoms with E-state index in [0.29, 0.717) is 22.5 Å². The van der Waals surface area contributed by atoms with Crippen LogP contribution in [0.2, 0.25) is 0 Å². The topological polar surface area (TPSA) is 76.3 Å². The molecule has 0 saturated heterocycles. The number of nitrogen functional groups attached to an aromatic ring is 1. The van der Waals surface area contributed by atoms with Crippen LogP contribution >= 0.6 is 0 Å². The lowest BCUT2D eigenvalue weighted by Gasteiger charge is -2.20. The van der Waals surface area contributed by atoms with Crippen LogP contribution in [0.3, 0.4) is 0 Å². The van der Waals surface area contributed by atoms with Gasteiger partial charge in [-0.05, 0) is 37.1 Å². The van der Waals surface area contributed by atoms with Crippen LogP contribution in [0, 0.1) is 13.8 Å². The van der Waals surface area contributed by atoms with Crippen molar-refractivity contribution in [1.29, 1.82) is 0 Å². The lowest BCUT2D eigenvalue weighted by molar-refractivity contribution is 0.0925. The molecule has 5 heteroatoms. The fourth-order valence-electron chi connectivity index (χ4n) is 2.48. The summed E-state index contributed by atoms with van der Waals surface area (Å²) in [7, 11) is 0. The predicted molar refractivity (Wildman–Crippen MR) is 75.7 cm³/mol. The third-order valence-electron chi connectivity index (χ3n) is 3.59. The standard InChI is InChI=1S/C15H13N3O2/c1-8-3-4-12(16)9(2)13(8)18-14(19)10-5-6-17-7-11(10)15(18)20/h3-7H,16H2,1-2H3. The minimum atomic E-state index is -0.352. The van der Waals surface area contributed by atoms with Crippen LogP contribution in [0.4, 0.5) is 11.4 Å². The molecule has 0 radical (unpaired) electrons. The molecule has 0 bridgehead atoms. The second-order valence-electron chi connectivity index (χ2n) is 4.81. The summed E-state index contributed by atoms with van der Waals surface area (Å²) < 4.78 is 0. The Hall–Kier alpha value is -2.69. The Kier molecular flexibility index (Phi) is 2.57. The fourth-order valence-corrected chi connectivity index (χ4v) is 2.48. The van der Waals surface area contributed by atoms with Gasteiger partial charge in [-0.25, -0.2) is 4.90 Å². The maximum atomic E-state index is 12.5. The van der Waals surface area contributed by atoms with Crippen LogP contribution in [0.25, 0.3) is 0 Å². The number of aromatic nitrogens is 1. The number of hydrogen-bond donors (Lipinski definition) is 1. The molecule has 2 N–H and O–H groups in total.